The molecule has 98 valence electrons. The van der Waals surface area contributed by atoms with Crippen molar-refractivity contribution in [2.75, 3.05) is 6.61 Å². The highest BCUT2D eigenvalue weighted by Gasteiger charge is 2.33. The molecule has 1 aliphatic heterocycles. The molecule has 0 aromatic heterocycles. The molecule has 1 fully saturated rings. The topological polar surface area (TPSA) is 9.23 Å². The molecule has 2 aromatic carbocycles. The van der Waals surface area contributed by atoms with Gasteiger partial charge in [-0.1, -0.05) is 68.4 Å². The van der Waals surface area contributed by atoms with Gasteiger partial charge < -0.3 is 4.74 Å². The maximum atomic E-state index is 6.03. The van der Waals surface area contributed by atoms with Gasteiger partial charge in [-0.3, -0.25) is 0 Å². The molecule has 1 heteroatoms. The smallest absolute Gasteiger partial charge is 0.0859 e. The zero-order valence-corrected chi connectivity index (χ0v) is 11.5. The summed E-state index contributed by atoms with van der Waals surface area (Å²) in [5, 5.41) is 0. The van der Waals surface area contributed by atoms with Crippen LogP contribution in [-0.2, 0) is 4.74 Å². The number of benzene rings is 2. The Morgan fingerprint density at radius 1 is 0.895 bits per heavy atom. The van der Waals surface area contributed by atoms with E-state index in [1.807, 2.05) is 0 Å². The molecule has 19 heavy (non-hydrogen) atoms. The first-order chi connectivity index (χ1) is 9.27. The molecule has 0 saturated carbocycles. The van der Waals surface area contributed by atoms with E-state index < -0.39 is 0 Å². The number of ether oxygens (including phenoxy) is 1. The second kappa shape index (κ2) is 5.18. The first-order valence-corrected chi connectivity index (χ1v) is 7.03. The maximum absolute atomic E-state index is 6.03. The van der Waals surface area contributed by atoms with Crippen molar-refractivity contribution in [1.29, 1.82) is 0 Å². The van der Waals surface area contributed by atoms with Crippen molar-refractivity contribution in [2.24, 2.45) is 11.8 Å². The van der Waals surface area contributed by atoms with Gasteiger partial charge in [0.05, 0.1) is 12.7 Å². The van der Waals surface area contributed by atoms with E-state index in [1.165, 1.54) is 16.7 Å². The van der Waals surface area contributed by atoms with E-state index in [2.05, 4.69) is 68.4 Å². The standard InChI is InChI=1S/C18H20O/c1-13-12-19-18(14(13)2)17-11-7-6-10-16(17)15-8-4-3-5-9-15/h3-11,13-14,18H,12H2,1-2H3. The molecule has 0 aliphatic carbocycles. The van der Waals surface area contributed by atoms with Crippen molar-refractivity contribution in [3.05, 3.63) is 60.2 Å². The van der Waals surface area contributed by atoms with Crippen LogP contribution in [0, 0.1) is 11.8 Å². The molecule has 0 bridgehead atoms. The lowest BCUT2D eigenvalue weighted by Crippen LogP contribution is -2.09. The molecule has 0 amide bonds. The van der Waals surface area contributed by atoms with Crippen molar-refractivity contribution in [2.45, 2.75) is 20.0 Å². The second-order valence-corrected chi connectivity index (χ2v) is 5.54. The van der Waals surface area contributed by atoms with Gasteiger partial charge >= 0.3 is 0 Å². The monoisotopic (exact) mass is 252 g/mol. The quantitative estimate of drug-likeness (QED) is 0.753. The van der Waals surface area contributed by atoms with Crippen LogP contribution in [0.5, 0.6) is 0 Å². The molecule has 3 atom stereocenters. The molecule has 2 aromatic rings. The Morgan fingerprint density at radius 3 is 2.26 bits per heavy atom. The van der Waals surface area contributed by atoms with E-state index in [0.29, 0.717) is 11.8 Å². The second-order valence-electron chi connectivity index (χ2n) is 5.54. The molecule has 0 radical (unpaired) electrons. The van der Waals surface area contributed by atoms with Crippen LogP contribution in [0.4, 0.5) is 0 Å². The summed E-state index contributed by atoms with van der Waals surface area (Å²) in [5.41, 5.74) is 3.90. The minimum atomic E-state index is 0.228. The Hall–Kier alpha value is -1.60. The summed E-state index contributed by atoms with van der Waals surface area (Å²) in [6.07, 6.45) is 0.228. The van der Waals surface area contributed by atoms with Crippen LogP contribution < -0.4 is 0 Å². The molecule has 1 nitrogen and oxygen atoms in total. The minimum Gasteiger partial charge on any atom is -0.373 e. The van der Waals surface area contributed by atoms with Crippen molar-refractivity contribution in [3.8, 4) is 11.1 Å². The number of hydrogen-bond acceptors (Lipinski definition) is 1. The maximum Gasteiger partial charge on any atom is 0.0859 e. The van der Waals surface area contributed by atoms with Gasteiger partial charge in [0.15, 0.2) is 0 Å². The molecule has 1 aliphatic rings. The molecular formula is C18H20O. The lowest BCUT2D eigenvalue weighted by molar-refractivity contribution is 0.0941. The van der Waals surface area contributed by atoms with Crippen molar-refractivity contribution >= 4 is 0 Å². The van der Waals surface area contributed by atoms with E-state index in [9.17, 15) is 0 Å². The fourth-order valence-electron chi connectivity index (χ4n) is 2.86. The summed E-state index contributed by atoms with van der Waals surface area (Å²) < 4.78 is 6.03. The van der Waals surface area contributed by atoms with Gasteiger partial charge in [-0.05, 0) is 28.5 Å². The lowest BCUT2D eigenvalue weighted by atomic mass is 9.87. The summed E-state index contributed by atoms with van der Waals surface area (Å²) in [5.74, 6) is 1.21. The van der Waals surface area contributed by atoms with E-state index >= 15 is 0 Å². The van der Waals surface area contributed by atoms with Gasteiger partial charge in [-0.15, -0.1) is 0 Å². The molecule has 1 saturated heterocycles. The van der Waals surface area contributed by atoms with Crippen molar-refractivity contribution in [1.82, 2.24) is 0 Å². The van der Waals surface area contributed by atoms with Crippen LogP contribution in [0.2, 0.25) is 0 Å². The van der Waals surface area contributed by atoms with E-state index in [1.54, 1.807) is 0 Å². The Labute approximate surface area is 115 Å². The van der Waals surface area contributed by atoms with Crippen LogP contribution in [-0.4, -0.2) is 6.61 Å². The van der Waals surface area contributed by atoms with Crippen molar-refractivity contribution in [3.63, 3.8) is 0 Å². The predicted octanol–water partition coefficient (Wildman–Crippen LogP) is 4.70. The van der Waals surface area contributed by atoms with Crippen molar-refractivity contribution < 1.29 is 4.74 Å². The van der Waals surface area contributed by atoms with Gasteiger partial charge in [-0.25, -0.2) is 0 Å². The minimum absolute atomic E-state index is 0.228. The van der Waals surface area contributed by atoms with Crippen LogP contribution in [0.15, 0.2) is 54.6 Å². The Morgan fingerprint density at radius 2 is 1.58 bits per heavy atom. The van der Waals surface area contributed by atoms with E-state index in [0.717, 1.165) is 6.61 Å². The highest BCUT2D eigenvalue weighted by Crippen LogP contribution is 2.41. The van der Waals surface area contributed by atoms with Gasteiger partial charge in [0, 0.05) is 0 Å². The average molecular weight is 252 g/mol. The number of rotatable bonds is 2. The lowest BCUT2D eigenvalue weighted by Gasteiger charge is -2.20. The Balaban J connectivity index is 2.03. The summed E-state index contributed by atoms with van der Waals surface area (Å²) >= 11 is 0. The molecule has 1 heterocycles. The van der Waals surface area contributed by atoms with Gasteiger partial charge in [0.25, 0.3) is 0 Å². The summed E-state index contributed by atoms with van der Waals surface area (Å²) in [4.78, 5) is 0. The summed E-state index contributed by atoms with van der Waals surface area (Å²) in [7, 11) is 0. The van der Waals surface area contributed by atoms with Crippen LogP contribution in [0.25, 0.3) is 11.1 Å². The Kier molecular flexibility index (Phi) is 3.39. The summed E-state index contributed by atoms with van der Waals surface area (Å²) in [6, 6.07) is 19.2. The third-order valence-corrected chi connectivity index (χ3v) is 4.27. The average Bonchev–Trinajstić information content (AvgIpc) is 2.80. The predicted molar refractivity (Wildman–Crippen MR) is 78.9 cm³/mol. The molecule has 0 spiro atoms. The third kappa shape index (κ3) is 2.31. The Bertz CT molecular complexity index is 547. The van der Waals surface area contributed by atoms with E-state index in [-0.39, 0.29) is 6.10 Å². The molecule has 3 unspecified atom stereocenters. The van der Waals surface area contributed by atoms with Crippen LogP contribution in [0.1, 0.15) is 25.5 Å². The van der Waals surface area contributed by atoms with Gasteiger partial charge in [0.2, 0.25) is 0 Å². The van der Waals surface area contributed by atoms with Crippen LogP contribution >= 0.6 is 0 Å². The molecular weight excluding hydrogens is 232 g/mol. The normalized spacial score (nSPS) is 26.5. The highest BCUT2D eigenvalue weighted by atomic mass is 16.5. The third-order valence-electron chi connectivity index (χ3n) is 4.27. The highest BCUT2D eigenvalue weighted by molar-refractivity contribution is 5.67. The first-order valence-electron chi connectivity index (χ1n) is 7.03. The first kappa shape index (κ1) is 12.4. The number of hydrogen-bond donors (Lipinski definition) is 0. The SMILES string of the molecule is CC1COC(c2ccccc2-c2ccccc2)C1C. The fourth-order valence-corrected chi connectivity index (χ4v) is 2.86. The molecule has 3 rings (SSSR count). The zero-order valence-electron chi connectivity index (χ0n) is 11.5. The van der Waals surface area contributed by atoms with Gasteiger partial charge in [0.1, 0.15) is 0 Å². The zero-order chi connectivity index (χ0) is 13.2. The fraction of sp³-hybridized carbons (Fsp3) is 0.333. The largest absolute Gasteiger partial charge is 0.373 e. The van der Waals surface area contributed by atoms with Crippen LogP contribution in [0.3, 0.4) is 0 Å². The molecule has 0 N–H and O–H groups in total. The van der Waals surface area contributed by atoms with E-state index in [4.69, 9.17) is 4.74 Å². The van der Waals surface area contributed by atoms with Gasteiger partial charge in [-0.2, -0.15) is 0 Å². The summed E-state index contributed by atoms with van der Waals surface area (Å²) in [6.45, 7) is 5.44.